The zero-order chi connectivity index (χ0) is 33.1. The molecule has 5 aromatic rings. The SMILES string of the molecule is CCC1CCN(Cc2nccn2Cc2cc([C@@H](c3ccc4c(nnn4CC)c3C)C(C)(C)C(=O)OCc3ccccc3)sc2C)CC1. The first-order valence-corrected chi connectivity index (χ1v) is 17.9. The molecule has 4 heterocycles. The van der Waals surface area contributed by atoms with Gasteiger partial charge in [-0.1, -0.05) is 55.0 Å². The Bertz CT molecular complexity index is 1810. The molecule has 3 aromatic heterocycles. The third-order valence-electron chi connectivity index (χ3n) is 10.2. The second-order valence-electron chi connectivity index (χ2n) is 13.6. The monoisotopic (exact) mass is 652 g/mol. The molecule has 248 valence electrons. The van der Waals surface area contributed by atoms with Crippen LogP contribution in [0.25, 0.3) is 11.0 Å². The number of carbonyl (C=O) groups excluding carboxylic acids is 1. The van der Waals surface area contributed by atoms with Crippen LogP contribution in [0, 0.1) is 25.2 Å². The van der Waals surface area contributed by atoms with E-state index in [0.29, 0.717) is 0 Å². The number of likely N-dealkylation sites (tertiary alicyclic amines) is 1. The van der Waals surface area contributed by atoms with Crippen LogP contribution in [0.5, 0.6) is 0 Å². The lowest BCUT2D eigenvalue weighted by atomic mass is 9.72. The minimum atomic E-state index is -0.854. The number of nitrogens with zero attached hydrogens (tertiary/aromatic N) is 6. The van der Waals surface area contributed by atoms with Gasteiger partial charge < -0.3 is 9.30 Å². The Kier molecular flexibility index (Phi) is 9.94. The number of hydrogen-bond donors (Lipinski definition) is 0. The summed E-state index contributed by atoms with van der Waals surface area (Å²) in [4.78, 5) is 23.7. The number of imidazole rings is 1. The molecule has 0 aliphatic carbocycles. The van der Waals surface area contributed by atoms with Crippen LogP contribution in [0.4, 0.5) is 0 Å². The summed E-state index contributed by atoms with van der Waals surface area (Å²) in [6, 6.07) is 16.4. The first-order valence-electron chi connectivity index (χ1n) is 17.0. The number of esters is 1. The van der Waals surface area contributed by atoms with E-state index in [2.05, 4.69) is 71.9 Å². The van der Waals surface area contributed by atoms with E-state index in [1.165, 1.54) is 29.7 Å². The number of fused-ring (bicyclic) bond motifs is 1. The van der Waals surface area contributed by atoms with Crippen LogP contribution in [0.2, 0.25) is 0 Å². The fourth-order valence-electron chi connectivity index (χ4n) is 7.07. The van der Waals surface area contributed by atoms with Gasteiger partial charge >= 0.3 is 5.97 Å². The number of ether oxygens (including phenoxy) is 1. The van der Waals surface area contributed by atoms with Crippen LogP contribution < -0.4 is 0 Å². The molecule has 0 N–H and O–H groups in total. The number of piperidine rings is 1. The quantitative estimate of drug-likeness (QED) is 0.128. The molecule has 47 heavy (non-hydrogen) atoms. The molecule has 0 spiro atoms. The van der Waals surface area contributed by atoms with Crippen molar-refractivity contribution in [2.24, 2.45) is 11.3 Å². The van der Waals surface area contributed by atoms with Gasteiger partial charge in [-0.15, -0.1) is 16.4 Å². The molecule has 1 fully saturated rings. The highest BCUT2D eigenvalue weighted by atomic mass is 32.1. The minimum Gasteiger partial charge on any atom is -0.460 e. The molecular weight excluding hydrogens is 605 g/mol. The summed E-state index contributed by atoms with van der Waals surface area (Å²) in [5.74, 6) is 1.50. The zero-order valence-electron chi connectivity index (χ0n) is 28.7. The third-order valence-corrected chi connectivity index (χ3v) is 11.3. The first kappa shape index (κ1) is 33.1. The number of aryl methyl sites for hydroxylation is 3. The number of aromatic nitrogens is 5. The molecule has 0 unspecified atom stereocenters. The van der Waals surface area contributed by atoms with Crippen molar-refractivity contribution in [3.8, 4) is 0 Å². The molecule has 0 saturated carbocycles. The second kappa shape index (κ2) is 14.1. The molecule has 1 saturated heterocycles. The minimum absolute atomic E-state index is 0.223. The Morgan fingerprint density at radius 3 is 2.55 bits per heavy atom. The van der Waals surface area contributed by atoms with E-state index in [1.807, 2.05) is 55.1 Å². The molecule has 0 bridgehead atoms. The van der Waals surface area contributed by atoms with Gasteiger partial charge in [-0.2, -0.15) is 0 Å². The predicted octanol–water partition coefficient (Wildman–Crippen LogP) is 7.90. The largest absolute Gasteiger partial charge is 0.460 e. The van der Waals surface area contributed by atoms with Gasteiger partial charge in [0, 0.05) is 41.2 Å². The number of benzene rings is 2. The van der Waals surface area contributed by atoms with Crippen molar-refractivity contribution in [1.29, 1.82) is 0 Å². The molecule has 1 atom stereocenters. The maximum Gasteiger partial charge on any atom is 0.312 e. The molecule has 1 aliphatic heterocycles. The Morgan fingerprint density at radius 1 is 1.06 bits per heavy atom. The summed E-state index contributed by atoms with van der Waals surface area (Å²) in [5, 5.41) is 8.95. The van der Waals surface area contributed by atoms with E-state index in [9.17, 15) is 4.79 Å². The van der Waals surface area contributed by atoms with Gasteiger partial charge in [-0.3, -0.25) is 9.69 Å². The van der Waals surface area contributed by atoms with E-state index in [4.69, 9.17) is 9.72 Å². The summed E-state index contributed by atoms with van der Waals surface area (Å²) in [7, 11) is 0. The summed E-state index contributed by atoms with van der Waals surface area (Å²) < 4.78 is 10.2. The normalized spacial score (nSPS) is 15.4. The van der Waals surface area contributed by atoms with Gasteiger partial charge in [0.1, 0.15) is 17.9 Å². The van der Waals surface area contributed by atoms with E-state index >= 15 is 0 Å². The van der Waals surface area contributed by atoms with Gasteiger partial charge in [-0.25, -0.2) is 9.67 Å². The van der Waals surface area contributed by atoms with E-state index in [1.54, 1.807) is 11.3 Å². The maximum atomic E-state index is 14.0. The highest BCUT2D eigenvalue weighted by molar-refractivity contribution is 7.12. The summed E-state index contributed by atoms with van der Waals surface area (Å²) in [6.45, 7) is 17.6. The Hall–Kier alpha value is -3.82. The van der Waals surface area contributed by atoms with Gasteiger partial charge in [0.25, 0.3) is 0 Å². The van der Waals surface area contributed by atoms with Crippen LogP contribution in [0.1, 0.15) is 90.7 Å². The van der Waals surface area contributed by atoms with E-state index in [-0.39, 0.29) is 18.5 Å². The van der Waals surface area contributed by atoms with Crippen molar-refractivity contribution in [3.05, 3.63) is 98.8 Å². The smallest absolute Gasteiger partial charge is 0.312 e. The molecule has 6 rings (SSSR count). The topological polar surface area (TPSA) is 78.1 Å². The van der Waals surface area contributed by atoms with Gasteiger partial charge in [0.2, 0.25) is 0 Å². The van der Waals surface area contributed by atoms with Crippen LogP contribution in [0.3, 0.4) is 0 Å². The highest BCUT2D eigenvalue weighted by Crippen LogP contribution is 2.47. The molecule has 8 nitrogen and oxygen atoms in total. The maximum absolute atomic E-state index is 14.0. The Balaban J connectivity index is 1.31. The van der Waals surface area contributed by atoms with E-state index < -0.39 is 5.41 Å². The number of thiophene rings is 1. The van der Waals surface area contributed by atoms with Crippen LogP contribution in [0.15, 0.2) is 60.9 Å². The molecule has 1 aliphatic rings. The molecule has 9 heteroatoms. The van der Waals surface area contributed by atoms with E-state index in [0.717, 1.165) is 77.1 Å². The average molecular weight is 653 g/mol. The summed E-state index contributed by atoms with van der Waals surface area (Å²) in [6.07, 6.45) is 7.84. The lowest BCUT2D eigenvalue weighted by Crippen LogP contribution is -2.34. The molecule has 2 aromatic carbocycles. The van der Waals surface area contributed by atoms with Crippen LogP contribution >= 0.6 is 11.3 Å². The van der Waals surface area contributed by atoms with Crippen LogP contribution in [-0.4, -0.2) is 48.5 Å². The van der Waals surface area contributed by atoms with Crippen molar-refractivity contribution in [2.45, 2.75) is 93.0 Å². The molecular formula is C38H48N6O2S. The number of rotatable bonds is 12. The van der Waals surface area contributed by atoms with Crippen molar-refractivity contribution in [2.75, 3.05) is 13.1 Å². The summed E-state index contributed by atoms with van der Waals surface area (Å²) in [5.41, 5.74) is 5.38. The summed E-state index contributed by atoms with van der Waals surface area (Å²) >= 11 is 1.77. The second-order valence-corrected chi connectivity index (χ2v) is 14.9. The van der Waals surface area contributed by atoms with Gasteiger partial charge in [0.15, 0.2) is 0 Å². The lowest BCUT2D eigenvalue weighted by molar-refractivity contribution is -0.156. The predicted molar refractivity (Wildman–Crippen MR) is 188 cm³/mol. The number of hydrogen-bond acceptors (Lipinski definition) is 7. The Labute approximate surface area is 282 Å². The van der Waals surface area contributed by atoms with Crippen molar-refractivity contribution in [1.82, 2.24) is 29.4 Å². The van der Waals surface area contributed by atoms with Gasteiger partial charge in [-0.05, 0) is 101 Å². The fourth-order valence-corrected chi connectivity index (χ4v) is 8.42. The lowest BCUT2D eigenvalue weighted by Gasteiger charge is -2.33. The highest BCUT2D eigenvalue weighted by Gasteiger charge is 2.42. The Morgan fingerprint density at radius 2 is 1.83 bits per heavy atom. The standard InChI is InChI=1S/C38H48N6O2S/c1-7-28-16-19-42(20-17-28)24-34-39-18-21-43(34)23-30-22-33(47-27(30)4)35(31-14-15-32-36(26(31)3)40-41-44(32)8-2)38(5,6)37(45)46-25-29-12-10-9-11-13-29/h9-15,18,21-22,28,35H,7-8,16-17,19-20,23-25H2,1-6H3/t35-/m1/s1. The van der Waals surface area contributed by atoms with Gasteiger partial charge in [0.05, 0.1) is 17.5 Å². The van der Waals surface area contributed by atoms with Crippen molar-refractivity contribution < 1.29 is 9.53 Å². The first-order chi connectivity index (χ1) is 22.7. The van der Waals surface area contributed by atoms with Crippen LogP contribution in [-0.2, 0) is 35.8 Å². The molecule has 0 radical (unpaired) electrons. The van der Waals surface area contributed by atoms with Crippen molar-refractivity contribution in [3.63, 3.8) is 0 Å². The number of carbonyl (C=O) groups is 1. The molecule has 0 amide bonds. The zero-order valence-corrected chi connectivity index (χ0v) is 29.5. The fraction of sp³-hybridized carbons (Fsp3) is 0.474. The third kappa shape index (κ3) is 6.92. The average Bonchev–Trinajstić information content (AvgIpc) is 3.80. The van der Waals surface area contributed by atoms with Crippen molar-refractivity contribution >= 4 is 28.3 Å².